The summed E-state index contributed by atoms with van der Waals surface area (Å²) in [6.45, 7) is 6.25. The summed E-state index contributed by atoms with van der Waals surface area (Å²) in [7, 11) is 0. The van der Waals surface area contributed by atoms with E-state index in [4.69, 9.17) is 13.7 Å². The molecule has 36 heavy (non-hydrogen) atoms. The Morgan fingerprint density at radius 2 is 1.31 bits per heavy atom. The van der Waals surface area contributed by atoms with Crippen molar-refractivity contribution in [1.29, 1.82) is 0 Å². The minimum Gasteiger partial charge on any atom is -0.505 e. The highest BCUT2D eigenvalue weighted by Crippen LogP contribution is 2.46. The van der Waals surface area contributed by atoms with Crippen molar-refractivity contribution in [3.8, 4) is 5.75 Å². The molecule has 4 rings (SSSR count). The van der Waals surface area contributed by atoms with Gasteiger partial charge in [-0.1, -0.05) is 106 Å². The molecule has 0 aliphatic carbocycles. The lowest BCUT2D eigenvalue weighted by molar-refractivity contribution is -0.384. The number of nitrogens with zero attached hydrogens (tertiary/aromatic N) is 3. The highest BCUT2D eigenvalue weighted by atomic mass is 16.6. The predicted molar refractivity (Wildman–Crippen MR) is 143 cm³/mol. The Morgan fingerprint density at radius 1 is 0.778 bits per heavy atom. The summed E-state index contributed by atoms with van der Waals surface area (Å²) in [5.41, 5.74) is -3.54. The van der Waals surface area contributed by atoms with Gasteiger partial charge >= 0.3 is 0 Å². The number of phenolic OH excluding ortho intramolecular Hbond substituents is 1. The van der Waals surface area contributed by atoms with E-state index < -0.39 is 81.9 Å². The van der Waals surface area contributed by atoms with Crippen molar-refractivity contribution in [1.82, 2.24) is 0 Å². The van der Waals surface area contributed by atoms with E-state index in [0.29, 0.717) is 0 Å². The molecule has 0 radical (unpaired) electrons. The topological polar surface area (TPSA) is 88.1 Å². The van der Waals surface area contributed by atoms with Crippen LogP contribution in [0.15, 0.2) is 107 Å². The van der Waals surface area contributed by atoms with Crippen LogP contribution in [-0.2, 0) is 10.8 Å². The zero-order valence-electron chi connectivity index (χ0n) is 30.1. The van der Waals surface area contributed by atoms with E-state index >= 15 is 0 Å². The van der Waals surface area contributed by atoms with Gasteiger partial charge in [-0.15, -0.1) is 10.2 Å². The van der Waals surface area contributed by atoms with Crippen molar-refractivity contribution in [2.75, 3.05) is 0 Å². The van der Waals surface area contributed by atoms with Crippen LogP contribution in [0.5, 0.6) is 5.75 Å². The van der Waals surface area contributed by atoms with Gasteiger partial charge in [0.15, 0.2) is 5.69 Å². The third-order valence-electron chi connectivity index (χ3n) is 6.08. The van der Waals surface area contributed by atoms with E-state index in [1.807, 2.05) is 0 Å². The van der Waals surface area contributed by atoms with E-state index in [2.05, 4.69) is 10.2 Å². The van der Waals surface area contributed by atoms with Crippen molar-refractivity contribution in [3.63, 3.8) is 0 Å². The first-order valence-electron chi connectivity index (χ1n) is 15.9. The molecule has 0 aliphatic rings. The molecular weight excluding hydrogens is 450 g/mol. The van der Waals surface area contributed by atoms with Crippen LogP contribution in [0.1, 0.15) is 63.7 Å². The van der Waals surface area contributed by atoms with Crippen LogP contribution in [-0.4, -0.2) is 10.0 Å². The number of rotatable bonds is 7. The average molecular weight is 490 g/mol. The largest absolute Gasteiger partial charge is 0.505 e. The maximum atomic E-state index is 11.6. The molecule has 6 nitrogen and oxygen atoms in total. The molecule has 0 atom stereocenters. The summed E-state index contributed by atoms with van der Waals surface area (Å²) in [4.78, 5) is 10.9. The number of para-hydroxylation sites is 1. The highest BCUT2D eigenvalue weighted by Gasteiger charge is 2.32. The highest BCUT2D eigenvalue weighted by molar-refractivity contribution is 5.64. The SMILES string of the molecule is [2H]c1c([2H])c([2H])c(C(C)(C)c2cc(N=Nc3ccccc3[N+](=O)[O-])c(O)c(C(C)(C)c3c([2H])c([2H])c([2H])c([2H])c3[2H])c2)c([2H])c1[2H]. The monoisotopic (exact) mass is 489 g/mol. The van der Waals surface area contributed by atoms with E-state index in [1.54, 1.807) is 13.8 Å². The quantitative estimate of drug-likeness (QED) is 0.161. The average Bonchev–Trinajstić information content (AvgIpc) is 3.00. The van der Waals surface area contributed by atoms with Gasteiger partial charge in [0.1, 0.15) is 11.4 Å². The first-order chi connectivity index (χ1) is 21.3. The summed E-state index contributed by atoms with van der Waals surface area (Å²) >= 11 is 0. The molecule has 0 heterocycles. The molecule has 1 N–H and O–H groups in total. The molecule has 4 aromatic rings. The molecule has 4 aromatic carbocycles. The number of nitro benzene ring substituents is 1. The molecule has 0 aromatic heterocycles. The molecule has 0 amide bonds. The van der Waals surface area contributed by atoms with Gasteiger partial charge in [-0.2, -0.15) is 0 Å². The molecule has 0 bridgehead atoms. The number of phenols is 1. The molecule has 0 saturated carbocycles. The number of aromatic hydroxyl groups is 1. The van der Waals surface area contributed by atoms with Gasteiger partial charge in [-0.05, 0) is 28.8 Å². The smallest absolute Gasteiger partial charge is 0.296 e. The number of hydrogen-bond acceptors (Lipinski definition) is 5. The van der Waals surface area contributed by atoms with Gasteiger partial charge < -0.3 is 5.11 Å². The molecule has 6 heteroatoms. The minimum atomic E-state index is -1.51. The van der Waals surface area contributed by atoms with Crippen molar-refractivity contribution >= 4 is 17.1 Å². The molecule has 0 saturated heterocycles. The van der Waals surface area contributed by atoms with Crippen molar-refractivity contribution in [2.45, 2.75) is 38.5 Å². The first-order valence-corrected chi connectivity index (χ1v) is 10.9. The summed E-state index contributed by atoms with van der Waals surface area (Å²) in [5, 5.41) is 31.3. The van der Waals surface area contributed by atoms with Crippen molar-refractivity contribution in [2.24, 2.45) is 10.2 Å². The lowest BCUT2D eigenvalue weighted by atomic mass is 9.72. The summed E-state index contributed by atoms with van der Waals surface area (Å²) in [6.07, 6.45) is 0. The Kier molecular flexibility index (Phi) is 4.04. The second kappa shape index (κ2) is 9.74. The fraction of sp³-hybridized carbons (Fsp3) is 0.200. The minimum absolute atomic E-state index is 0.0143. The van der Waals surface area contributed by atoms with Crippen LogP contribution >= 0.6 is 0 Å². The van der Waals surface area contributed by atoms with Gasteiger partial charge in [0, 0.05) is 22.5 Å². The van der Waals surface area contributed by atoms with Gasteiger partial charge in [0.2, 0.25) is 0 Å². The second-order valence-electron chi connectivity index (χ2n) is 9.09. The van der Waals surface area contributed by atoms with Gasteiger partial charge in [-0.25, -0.2) is 0 Å². The Morgan fingerprint density at radius 3 is 1.89 bits per heavy atom. The summed E-state index contributed by atoms with van der Waals surface area (Å²) < 4.78 is 83.2. The van der Waals surface area contributed by atoms with Crippen LogP contribution in [0.3, 0.4) is 0 Å². The normalized spacial score (nSPS) is 16.0. The maximum Gasteiger partial charge on any atom is 0.296 e. The van der Waals surface area contributed by atoms with Crippen LogP contribution in [0.2, 0.25) is 0 Å². The summed E-state index contributed by atoms with van der Waals surface area (Å²) in [5.74, 6) is -0.514. The fourth-order valence-corrected chi connectivity index (χ4v) is 3.75. The fourth-order valence-electron chi connectivity index (χ4n) is 3.75. The Labute approximate surface area is 225 Å². The van der Waals surface area contributed by atoms with Gasteiger partial charge in [-0.3, -0.25) is 10.1 Å². The van der Waals surface area contributed by atoms with Crippen molar-refractivity contribution in [3.05, 3.63) is 129 Å². The van der Waals surface area contributed by atoms with E-state index in [0.717, 1.165) is 0 Å². The third kappa shape index (κ3) is 4.75. The third-order valence-corrected chi connectivity index (χ3v) is 6.08. The van der Waals surface area contributed by atoms with Crippen molar-refractivity contribution < 1.29 is 23.7 Å². The molecule has 0 unspecified atom stereocenters. The van der Waals surface area contributed by atoms with Gasteiger partial charge in [0.25, 0.3) is 5.69 Å². The number of hydrogen-bond donors (Lipinski definition) is 1. The molecule has 182 valence electrons. The number of nitro groups is 1. The second-order valence-corrected chi connectivity index (χ2v) is 9.09. The Hall–Kier alpha value is -4.32. The number of benzene rings is 4. The Bertz CT molecular complexity index is 1900. The van der Waals surface area contributed by atoms with E-state index in [9.17, 15) is 15.2 Å². The zero-order chi connectivity index (χ0) is 34.6. The van der Waals surface area contributed by atoms with Crippen LogP contribution in [0.25, 0.3) is 0 Å². The first kappa shape index (κ1) is 14.9. The molecule has 0 spiro atoms. The summed E-state index contributed by atoms with van der Waals surface area (Å²) in [6, 6.07) is 2.93. The molecular formula is C30H29N3O3. The predicted octanol–water partition coefficient (Wildman–Crippen LogP) is 8.37. The standard InChI is InChI=1S/C30H29N3O3/c1-29(2,21-13-7-5-8-14-21)23-19-24(30(3,4)22-15-9-6-10-16-22)28(34)26(20-23)32-31-25-17-11-12-18-27(25)33(35)36/h5-20,34H,1-4H3/i5D,6D,7D,8D,9D,10D,13D,14D,15D,16D. The molecule has 0 fully saturated rings. The Balaban J connectivity index is 2.10. The van der Waals surface area contributed by atoms with Crippen LogP contribution in [0.4, 0.5) is 17.1 Å². The van der Waals surface area contributed by atoms with E-state index in [1.165, 1.54) is 50.2 Å². The van der Waals surface area contributed by atoms with Crippen LogP contribution < -0.4 is 0 Å². The van der Waals surface area contributed by atoms with Crippen LogP contribution in [0, 0.1) is 10.1 Å². The molecule has 0 aliphatic heterocycles. The lowest BCUT2D eigenvalue weighted by Gasteiger charge is -2.32. The van der Waals surface area contributed by atoms with Gasteiger partial charge in [0.05, 0.1) is 18.6 Å². The van der Waals surface area contributed by atoms with E-state index in [-0.39, 0.29) is 39.3 Å². The maximum absolute atomic E-state index is 11.6. The zero-order valence-corrected chi connectivity index (χ0v) is 20.1. The lowest BCUT2D eigenvalue weighted by Crippen LogP contribution is -2.23. The number of azo groups is 1.